The summed E-state index contributed by atoms with van der Waals surface area (Å²) in [5.74, 6) is -4.59. The highest BCUT2D eigenvalue weighted by Gasteiger charge is 2.19. The maximum Gasteiger partial charge on any atom is 0.306 e. The lowest BCUT2D eigenvalue weighted by molar-refractivity contribution is -0.153. The number of hydrogen-bond donors (Lipinski definition) is 2. The molecular weight excluding hydrogens is 469 g/mol. The van der Waals surface area contributed by atoms with E-state index in [4.69, 9.17) is 4.74 Å². The van der Waals surface area contributed by atoms with Crippen molar-refractivity contribution >= 4 is 39.4 Å². The van der Waals surface area contributed by atoms with Crippen LogP contribution in [0.4, 0.5) is 18.9 Å². The summed E-state index contributed by atoms with van der Waals surface area (Å²) in [5.41, 5.74) is -0.369. The summed E-state index contributed by atoms with van der Waals surface area (Å²) in [4.78, 5) is 35.7. The lowest BCUT2D eigenvalue weighted by Gasteiger charge is -2.14. The number of nitrogens with one attached hydrogen (secondary N) is 2. The molecule has 0 aliphatic rings. The second-order valence-corrected chi connectivity index (χ2v) is 7.14. The van der Waals surface area contributed by atoms with Crippen molar-refractivity contribution in [2.75, 3.05) is 11.9 Å². The van der Waals surface area contributed by atoms with Crippen LogP contribution in [0.1, 0.15) is 30.1 Å². The third-order valence-electron chi connectivity index (χ3n) is 3.89. The maximum atomic E-state index is 13.7. The summed E-state index contributed by atoms with van der Waals surface area (Å²) in [6.45, 7) is 1.37. The van der Waals surface area contributed by atoms with Crippen molar-refractivity contribution < 1.29 is 32.3 Å². The number of rotatable bonds is 8. The molecule has 0 saturated heterocycles. The molecule has 0 aromatic heterocycles. The van der Waals surface area contributed by atoms with Crippen LogP contribution in [0.15, 0.2) is 40.9 Å². The van der Waals surface area contributed by atoms with Gasteiger partial charge in [-0.15, -0.1) is 0 Å². The van der Waals surface area contributed by atoms with Crippen molar-refractivity contribution in [2.45, 2.75) is 25.9 Å². The number of halogens is 4. The molecule has 0 spiro atoms. The number of hydrogen-bond acceptors (Lipinski definition) is 4. The zero-order chi connectivity index (χ0) is 22.3. The van der Waals surface area contributed by atoms with Crippen LogP contribution in [0, 0.1) is 17.5 Å². The molecule has 0 aliphatic carbocycles. The van der Waals surface area contributed by atoms with Gasteiger partial charge in [0.15, 0.2) is 6.10 Å². The number of carbonyl (C=O) groups excluding carboxylic acids is 3. The monoisotopic (exact) mass is 486 g/mol. The minimum Gasteiger partial charge on any atom is -0.453 e. The van der Waals surface area contributed by atoms with Gasteiger partial charge in [-0.1, -0.05) is 15.9 Å². The van der Waals surface area contributed by atoms with Gasteiger partial charge in [0.2, 0.25) is 0 Å². The van der Waals surface area contributed by atoms with Crippen LogP contribution >= 0.6 is 15.9 Å². The summed E-state index contributed by atoms with van der Waals surface area (Å²) < 4.78 is 45.6. The van der Waals surface area contributed by atoms with E-state index < -0.39 is 41.3 Å². The third-order valence-corrected chi connectivity index (χ3v) is 4.38. The molecule has 0 aliphatic heterocycles. The standard InChI is InChI=1S/C20H18BrF3N2O4/c1-11(19(28)26-17-7-4-12(21)9-16(17)24)30-18(27)3-2-8-25-20(29)14-6-5-13(22)10-15(14)23/h4-7,9-11H,2-3,8H2,1H3,(H,25,29)(H,26,28). The molecule has 2 aromatic rings. The molecule has 2 aromatic carbocycles. The lowest BCUT2D eigenvalue weighted by Crippen LogP contribution is -2.31. The van der Waals surface area contributed by atoms with Crippen molar-refractivity contribution in [2.24, 2.45) is 0 Å². The SMILES string of the molecule is CC(OC(=O)CCCNC(=O)c1ccc(F)cc1F)C(=O)Nc1ccc(Br)cc1F. The van der Waals surface area contributed by atoms with Crippen LogP contribution in [0.25, 0.3) is 0 Å². The first-order valence-corrected chi connectivity index (χ1v) is 9.65. The fourth-order valence-corrected chi connectivity index (χ4v) is 2.67. The second-order valence-electron chi connectivity index (χ2n) is 6.23. The van der Waals surface area contributed by atoms with E-state index in [0.717, 1.165) is 12.1 Å². The van der Waals surface area contributed by atoms with Gasteiger partial charge in [0.25, 0.3) is 11.8 Å². The van der Waals surface area contributed by atoms with E-state index in [9.17, 15) is 27.6 Å². The van der Waals surface area contributed by atoms with E-state index in [0.29, 0.717) is 10.5 Å². The van der Waals surface area contributed by atoms with E-state index in [2.05, 4.69) is 26.6 Å². The van der Waals surface area contributed by atoms with Gasteiger partial charge in [-0.25, -0.2) is 13.2 Å². The largest absolute Gasteiger partial charge is 0.453 e. The Morgan fingerprint density at radius 1 is 1.07 bits per heavy atom. The molecule has 6 nitrogen and oxygen atoms in total. The summed E-state index contributed by atoms with van der Waals surface area (Å²) in [6, 6.07) is 6.65. The van der Waals surface area contributed by atoms with E-state index in [1.165, 1.54) is 19.1 Å². The molecule has 2 amide bonds. The van der Waals surface area contributed by atoms with Crippen molar-refractivity contribution in [3.63, 3.8) is 0 Å². The molecule has 0 fully saturated rings. The van der Waals surface area contributed by atoms with Gasteiger partial charge < -0.3 is 15.4 Å². The van der Waals surface area contributed by atoms with Crippen LogP contribution in [-0.4, -0.2) is 30.4 Å². The van der Waals surface area contributed by atoms with Crippen molar-refractivity contribution in [1.82, 2.24) is 5.32 Å². The van der Waals surface area contributed by atoms with Gasteiger partial charge in [0, 0.05) is 23.5 Å². The number of ether oxygens (including phenoxy) is 1. The minimum absolute atomic E-state index is 0.0371. The first kappa shape index (κ1) is 23.4. The summed E-state index contributed by atoms with van der Waals surface area (Å²) in [5, 5.41) is 4.72. The van der Waals surface area contributed by atoms with Gasteiger partial charge in [0.05, 0.1) is 11.3 Å². The number of anilines is 1. The number of benzene rings is 2. The second kappa shape index (κ2) is 10.8. The Hall–Kier alpha value is -2.88. The molecule has 2 rings (SSSR count). The zero-order valence-electron chi connectivity index (χ0n) is 15.8. The van der Waals surface area contributed by atoms with Crippen molar-refractivity contribution in [3.05, 3.63) is 63.9 Å². The van der Waals surface area contributed by atoms with Crippen LogP contribution in [0.2, 0.25) is 0 Å². The van der Waals surface area contributed by atoms with E-state index in [1.807, 2.05) is 0 Å². The molecule has 1 unspecified atom stereocenters. The first-order chi connectivity index (χ1) is 14.2. The summed E-state index contributed by atoms with van der Waals surface area (Å²) >= 11 is 3.10. The predicted octanol–water partition coefficient (Wildman–Crippen LogP) is 3.95. The van der Waals surface area contributed by atoms with Gasteiger partial charge in [-0.3, -0.25) is 14.4 Å². The number of amides is 2. The quantitative estimate of drug-likeness (QED) is 0.437. The molecule has 1 atom stereocenters. The molecule has 30 heavy (non-hydrogen) atoms. The molecule has 2 N–H and O–H groups in total. The molecule has 10 heteroatoms. The molecule has 0 saturated carbocycles. The minimum atomic E-state index is -1.16. The Labute approximate surface area is 178 Å². The summed E-state index contributed by atoms with van der Waals surface area (Å²) in [6.07, 6.45) is -1.11. The van der Waals surface area contributed by atoms with E-state index in [1.54, 1.807) is 6.07 Å². The van der Waals surface area contributed by atoms with Gasteiger partial charge in [-0.05, 0) is 43.7 Å². The number of esters is 1. The molecule has 160 valence electrons. The van der Waals surface area contributed by atoms with E-state index >= 15 is 0 Å². The molecule has 0 heterocycles. The topological polar surface area (TPSA) is 84.5 Å². The Kier molecular flexibility index (Phi) is 8.40. The fourth-order valence-electron chi connectivity index (χ4n) is 2.34. The van der Waals surface area contributed by atoms with Gasteiger partial charge >= 0.3 is 5.97 Å². The fraction of sp³-hybridized carbons (Fsp3) is 0.250. The highest BCUT2D eigenvalue weighted by Crippen LogP contribution is 2.19. The van der Waals surface area contributed by atoms with Gasteiger partial charge in [0.1, 0.15) is 17.5 Å². The normalized spacial score (nSPS) is 11.5. The molecule has 0 bridgehead atoms. The number of carbonyl (C=O) groups is 3. The van der Waals surface area contributed by atoms with Crippen LogP contribution < -0.4 is 10.6 Å². The lowest BCUT2D eigenvalue weighted by atomic mass is 10.2. The predicted molar refractivity (Wildman–Crippen MR) is 106 cm³/mol. The van der Waals surface area contributed by atoms with Crippen LogP contribution in [-0.2, 0) is 14.3 Å². The Balaban J connectivity index is 1.73. The van der Waals surface area contributed by atoms with Crippen molar-refractivity contribution in [1.29, 1.82) is 0 Å². The maximum absolute atomic E-state index is 13.7. The Morgan fingerprint density at radius 2 is 1.80 bits per heavy atom. The molecular formula is C20H18BrF3N2O4. The van der Waals surface area contributed by atoms with Crippen LogP contribution in [0.5, 0.6) is 0 Å². The highest BCUT2D eigenvalue weighted by atomic mass is 79.9. The third kappa shape index (κ3) is 6.87. The average molecular weight is 487 g/mol. The average Bonchev–Trinajstić information content (AvgIpc) is 2.67. The van der Waals surface area contributed by atoms with Crippen LogP contribution in [0.3, 0.4) is 0 Å². The Bertz CT molecular complexity index is 956. The Morgan fingerprint density at radius 3 is 2.47 bits per heavy atom. The van der Waals surface area contributed by atoms with Crippen molar-refractivity contribution in [3.8, 4) is 0 Å². The molecule has 0 radical (unpaired) electrons. The first-order valence-electron chi connectivity index (χ1n) is 8.86. The van der Waals surface area contributed by atoms with Gasteiger partial charge in [-0.2, -0.15) is 0 Å². The highest BCUT2D eigenvalue weighted by molar-refractivity contribution is 9.10. The summed E-state index contributed by atoms with van der Waals surface area (Å²) in [7, 11) is 0. The smallest absolute Gasteiger partial charge is 0.306 e. The zero-order valence-corrected chi connectivity index (χ0v) is 17.4. The van der Waals surface area contributed by atoms with E-state index in [-0.39, 0.29) is 30.6 Å².